The second-order valence-corrected chi connectivity index (χ2v) is 3.58. The molecule has 1 aromatic rings. The number of hydrogen-bond donors (Lipinski definition) is 1. The zero-order valence-electron chi connectivity index (χ0n) is 8.13. The number of rotatable bonds is 3. The number of anilines is 1. The summed E-state index contributed by atoms with van der Waals surface area (Å²) in [6.45, 7) is 5.76. The van der Waals surface area contributed by atoms with Gasteiger partial charge < -0.3 is 9.84 Å². The van der Waals surface area contributed by atoms with Crippen molar-refractivity contribution in [3.8, 4) is 0 Å². The molecule has 0 aliphatic rings. The molecule has 13 heavy (non-hydrogen) atoms. The molecular formula is C9H14N2O2. The van der Waals surface area contributed by atoms with Crippen LogP contribution in [0.4, 0.5) is 5.82 Å². The van der Waals surface area contributed by atoms with Gasteiger partial charge in [0.1, 0.15) is 6.26 Å². The largest absolute Gasteiger partial charge is 0.363 e. The maximum absolute atomic E-state index is 11.6. The first-order valence-electron chi connectivity index (χ1n) is 4.28. The highest BCUT2D eigenvalue weighted by atomic mass is 16.5. The lowest BCUT2D eigenvalue weighted by Gasteiger charge is -2.20. The van der Waals surface area contributed by atoms with Crippen molar-refractivity contribution in [1.29, 1.82) is 0 Å². The van der Waals surface area contributed by atoms with Gasteiger partial charge in [0, 0.05) is 11.5 Å². The van der Waals surface area contributed by atoms with Crippen molar-refractivity contribution in [2.75, 3.05) is 5.32 Å². The van der Waals surface area contributed by atoms with Crippen LogP contribution < -0.4 is 5.32 Å². The zero-order valence-corrected chi connectivity index (χ0v) is 8.13. The molecule has 72 valence electrons. The molecule has 0 atom stereocenters. The number of carbonyl (C=O) groups excluding carboxylic acids is 1. The predicted octanol–water partition coefficient (Wildman–Crippen LogP) is 2.05. The zero-order chi connectivity index (χ0) is 9.90. The lowest BCUT2D eigenvalue weighted by Crippen LogP contribution is -2.30. The molecule has 0 fully saturated rings. The van der Waals surface area contributed by atoms with Crippen molar-refractivity contribution in [3.05, 3.63) is 12.3 Å². The van der Waals surface area contributed by atoms with Crippen LogP contribution in [0.5, 0.6) is 0 Å². The summed E-state index contributed by atoms with van der Waals surface area (Å²) in [5.74, 6) is 0.426. The van der Waals surface area contributed by atoms with E-state index in [9.17, 15) is 4.79 Å². The van der Waals surface area contributed by atoms with Crippen molar-refractivity contribution >= 4 is 11.7 Å². The highest BCUT2D eigenvalue weighted by Gasteiger charge is 2.25. The third-order valence-corrected chi connectivity index (χ3v) is 2.18. The average molecular weight is 182 g/mol. The molecule has 1 N–H and O–H groups in total. The fourth-order valence-electron chi connectivity index (χ4n) is 0.723. The Kier molecular flexibility index (Phi) is 2.70. The molecule has 0 aliphatic carbocycles. The van der Waals surface area contributed by atoms with Crippen LogP contribution in [-0.4, -0.2) is 11.1 Å². The fraction of sp³-hybridized carbons (Fsp3) is 0.556. The first kappa shape index (κ1) is 9.77. The van der Waals surface area contributed by atoms with Gasteiger partial charge in [0.15, 0.2) is 5.82 Å². The minimum Gasteiger partial charge on any atom is -0.363 e. The first-order valence-corrected chi connectivity index (χ1v) is 4.28. The summed E-state index contributed by atoms with van der Waals surface area (Å²) < 4.78 is 4.60. The molecule has 1 amide bonds. The molecule has 1 rings (SSSR count). The monoisotopic (exact) mass is 182 g/mol. The van der Waals surface area contributed by atoms with E-state index < -0.39 is 0 Å². The van der Waals surface area contributed by atoms with Crippen molar-refractivity contribution in [2.45, 2.75) is 27.2 Å². The van der Waals surface area contributed by atoms with Crippen LogP contribution in [0.15, 0.2) is 16.9 Å². The smallest absolute Gasteiger partial charge is 0.231 e. The average Bonchev–Trinajstić information content (AvgIpc) is 2.57. The second kappa shape index (κ2) is 3.60. The number of hydrogen-bond acceptors (Lipinski definition) is 3. The van der Waals surface area contributed by atoms with Gasteiger partial charge in [0.2, 0.25) is 5.91 Å². The van der Waals surface area contributed by atoms with Gasteiger partial charge in [-0.15, -0.1) is 0 Å². The van der Waals surface area contributed by atoms with Crippen molar-refractivity contribution in [3.63, 3.8) is 0 Å². The Balaban J connectivity index is 2.61. The summed E-state index contributed by atoms with van der Waals surface area (Å²) in [7, 11) is 0. The molecular weight excluding hydrogens is 168 g/mol. The van der Waals surface area contributed by atoms with Crippen LogP contribution in [0.1, 0.15) is 27.2 Å². The molecule has 4 nitrogen and oxygen atoms in total. The van der Waals surface area contributed by atoms with E-state index in [-0.39, 0.29) is 11.3 Å². The summed E-state index contributed by atoms with van der Waals surface area (Å²) in [5.41, 5.74) is -0.362. The molecule has 0 aromatic carbocycles. The van der Waals surface area contributed by atoms with Crippen molar-refractivity contribution in [2.24, 2.45) is 5.41 Å². The van der Waals surface area contributed by atoms with Gasteiger partial charge in [-0.1, -0.05) is 25.9 Å². The first-order chi connectivity index (χ1) is 6.06. The van der Waals surface area contributed by atoms with Gasteiger partial charge in [-0.2, -0.15) is 0 Å². The van der Waals surface area contributed by atoms with Crippen molar-refractivity contribution < 1.29 is 9.32 Å². The van der Waals surface area contributed by atoms with Gasteiger partial charge in [-0.05, 0) is 6.42 Å². The SMILES string of the molecule is CCC(C)(C)C(=O)Nc1ccon1. The number of carbonyl (C=O) groups is 1. The minimum absolute atomic E-state index is 0.0381. The Bertz CT molecular complexity index is 278. The van der Waals surface area contributed by atoms with E-state index in [0.717, 1.165) is 6.42 Å². The van der Waals surface area contributed by atoms with Crippen LogP contribution in [0.25, 0.3) is 0 Å². The molecule has 0 saturated heterocycles. The standard InChI is InChI=1S/C9H14N2O2/c1-4-9(2,3)8(12)10-7-5-6-13-11-7/h5-6H,4H2,1-3H3,(H,10,11,12). The van der Waals surface area contributed by atoms with E-state index in [1.807, 2.05) is 20.8 Å². The van der Waals surface area contributed by atoms with E-state index in [4.69, 9.17) is 0 Å². The molecule has 0 spiro atoms. The van der Waals surface area contributed by atoms with Crippen molar-refractivity contribution in [1.82, 2.24) is 5.16 Å². The molecule has 1 aromatic heterocycles. The van der Waals surface area contributed by atoms with Gasteiger partial charge in [0.05, 0.1) is 0 Å². The molecule has 0 saturated carbocycles. The number of nitrogens with one attached hydrogen (secondary N) is 1. The van der Waals surface area contributed by atoms with Gasteiger partial charge in [-0.3, -0.25) is 4.79 Å². The van der Waals surface area contributed by atoms with Crippen LogP contribution in [0.3, 0.4) is 0 Å². The van der Waals surface area contributed by atoms with Gasteiger partial charge in [0.25, 0.3) is 0 Å². The molecule has 0 aliphatic heterocycles. The summed E-state index contributed by atoms with van der Waals surface area (Å²) in [5, 5.41) is 6.27. The molecule has 0 bridgehead atoms. The Morgan fingerprint density at radius 3 is 2.85 bits per heavy atom. The molecule has 4 heteroatoms. The summed E-state index contributed by atoms with van der Waals surface area (Å²) in [4.78, 5) is 11.6. The van der Waals surface area contributed by atoms with Crippen LogP contribution in [-0.2, 0) is 4.79 Å². The van der Waals surface area contributed by atoms with Crippen LogP contribution in [0, 0.1) is 5.41 Å². The number of amides is 1. The maximum Gasteiger partial charge on any atom is 0.231 e. The lowest BCUT2D eigenvalue weighted by atomic mass is 9.89. The van der Waals surface area contributed by atoms with E-state index in [1.54, 1.807) is 6.07 Å². The third-order valence-electron chi connectivity index (χ3n) is 2.18. The number of aromatic nitrogens is 1. The Labute approximate surface area is 77.3 Å². The molecule has 1 heterocycles. The highest BCUT2D eigenvalue weighted by molar-refractivity contribution is 5.93. The molecule has 0 unspecified atom stereocenters. The van der Waals surface area contributed by atoms with E-state index in [0.29, 0.717) is 5.82 Å². The van der Waals surface area contributed by atoms with Gasteiger partial charge in [-0.25, -0.2) is 0 Å². The quantitative estimate of drug-likeness (QED) is 0.778. The Morgan fingerprint density at radius 1 is 1.69 bits per heavy atom. The maximum atomic E-state index is 11.6. The topological polar surface area (TPSA) is 55.1 Å². The van der Waals surface area contributed by atoms with E-state index in [2.05, 4.69) is 15.0 Å². The highest BCUT2D eigenvalue weighted by Crippen LogP contribution is 2.21. The summed E-state index contributed by atoms with van der Waals surface area (Å²) >= 11 is 0. The predicted molar refractivity (Wildman–Crippen MR) is 49.2 cm³/mol. The summed E-state index contributed by atoms with van der Waals surface area (Å²) in [6, 6.07) is 1.61. The Morgan fingerprint density at radius 2 is 2.38 bits per heavy atom. The van der Waals surface area contributed by atoms with E-state index >= 15 is 0 Å². The van der Waals surface area contributed by atoms with Crippen LogP contribution in [0.2, 0.25) is 0 Å². The second-order valence-electron chi connectivity index (χ2n) is 3.58. The fourth-order valence-corrected chi connectivity index (χ4v) is 0.723. The molecule has 0 radical (unpaired) electrons. The summed E-state index contributed by atoms with van der Waals surface area (Å²) in [6.07, 6.45) is 2.21. The number of nitrogens with zero attached hydrogens (tertiary/aromatic N) is 1. The van der Waals surface area contributed by atoms with Crippen LogP contribution >= 0.6 is 0 Å². The normalized spacial score (nSPS) is 11.3. The third kappa shape index (κ3) is 2.31. The lowest BCUT2D eigenvalue weighted by molar-refractivity contribution is -0.124. The minimum atomic E-state index is -0.362. The Hall–Kier alpha value is -1.32. The van der Waals surface area contributed by atoms with E-state index in [1.165, 1.54) is 6.26 Å². The van der Waals surface area contributed by atoms with Gasteiger partial charge >= 0.3 is 0 Å².